The Morgan fingerprint density at radius 2 is 1.77 bits per heavy atom. The SMILES string of the molecule is CC(C)S(=O)(=O)CC/C=C/CCN. The zero-order chi connectivity index (χ0) is 10.3. The maximum absolute atomic E-state index is 11.3. The summed E-state index contributed by atoms with van der Waals surface area (Å²) < 4.78 is 22.6. The zero-order valence-corrected chi connectivity index (χ0v) is 9.18. The van der Waals surface area contributed by atoms with Crippen LogP contribution in [0.15, 0.2) is 12.2 Å². The highest BCUT2D eigenvalue weighted by Gasteiger charge is 2.13. The smallest absolute Gasteiger partial charge is 0.152 e. The van der Waals surface area contributed by atoms with Gasteiger partial charge in [0.1, 0.15) is 0 Å². The van der Waals surface area contributed by atoms with Gasteiger partial charge in [-0.05, 0) is 33.2 Å². The summed E-state index contributed by atoms with van der Waals surface area (Å²) in [5.41, 5.74) is 5.28. The number of hydrogen-bond acceptors (Lipinski definition) is 3. The van der Waals surface area contributed by atoms with E-state index in [0.29, 0.717) is 13.0 Å². The van der Waals surface area contributed by atoms with Crippen molar-refractivity contribution in [3.8, 4) is 0 Å². The van der Waals surface area contributed by atoms with Crippen LogP contribution in [0.3, 0.4) is 0 Å². The Bertz CT molecular complexity index is 242. The molecule has 0 aromatic carbocycles. The first kappa shape index (κ1) is 12.7. The fraction of sp³-hybridized carbons (Fsp3) is 0.778. The molecule has 0 amide bonds. The molecular formula is C9H19NO2S. The first-order valence-corrected chi connectivity index (χ1v) is 6.29. The largest absolute Gasteiger partial charge is 0.330 e. The van der Waals surface area contributed by atoms with Crippen molar-refractivity contribution in [2.24, 2.45) is 5.73 Å². The second kappa shape index (κ2) is 6.16. The van der Waals surface area contributed by atoms with Crippen molar-refractivity contribution in [1.82, 2.24) is 0 Å². The minimum Gasteiger partial charge on any atom is -0.330 e. The van der Waals surface area contributed by atoms with Crippen LogP contribution in [0.5, 0.6) is 0 Å². The van der Waals surface area contributed by atoms with Gasteiger partial charge in [-0.1, -0.05) is 12.2 Å². The van der Waals surface area contributed by atoms with Gasteiger partial charge in [0.2, 0.25) is 0 Å². The van der Waals surface area contributed by atoms with Gasteiger partial charge in [-0.3, -0.25) is 0 Å². The van der Waals surface area contributed by atoms with Crippen LogP contribution < -0.4 is 5.73 Å². The van der Waals surface area contributed by atoms with Crippen LogP contribution in [0.1, 0.15) is 26.7 Å². The standard InChI is InChI=1S/C9H19NO2S/c1-9(2)13(11,12)8-6-4-3-5-7-10/h3-4,9H,5-8,10H2,1-2H3/b4-3+. The summed E-state index contributed by atoms with van der Waals surface area (Å²) in [6.45, 7) is 4.03. The second-order valence-electron chi connectivity index (χ2n) is 3.25. The van der Waals surface area contributed by atoms with Gasteiger partial charge in [-0.25, -0.2) is 8.42 Å². The molecule has 3 nitrogen and oxygen atoms in total. The third-order valence-electron chi connectivity index (χ3n) is 1.79. The minimum absolute atomic E-state index is 0.242. The Hall–Kier alpha value is -0.350. The van der Waals surface area contributed by atoms with Gasteiger partial charge >= 0.3 is 0 Å². The van der Waals surface area contributed by atoms with E-state index in [4.69, 9.17) is 5.73 Å². The average Bonchev–Trinajstić information content (AvgIpc) is 2.03. The number of hydrogen-bond donors (Lipinski definition) is 1. The first-order chi connectivity index (χ1) is 6.00. The number of sulfone groups is 1. The van der Waals surface area contributed by atoms with E-state index in [9.17, 15) is 8.42 Å². The molecule has 0 aliphatic heterocycles. The fourth-order valence-electron chi connectivity index (χ4n) is 0.800. The van der Waals surface area contributed by atoms with Gasteiger partial charge < -0.3 is 5.73 Å². The highest BCUT2D eigenvalue weighted by atomic mass is 32.2. The fourth-order valence-corrected chi connectivity index (χ4v) is 1.74. The van der Waals surface area contributed by atoms with Gasteiger partial charge in [0, 0.05) is 0 Å². The monoisotopic (exact) mass is 205 g/mol. The van der Waals surface area contributed by atoms with Crippen molar-refractivity contribution < 1.29 is 8.42 Å². The lowest BCUT2D eigenvalue weighted by molar-refractivity contribution is 0.587. The van der Waals surface area contributed by atoms with Crippen molar-refractivity contribution in [3.63, 3.8) is 0 Å². The third-order valence-corrected chi connectivity index (χ3v) is 4.03. The van der Waals surface area contributed by atoms with E-state index >= 15 is 0 Å². The molecule has 0 spiro atoms. The van der Waals surface area contributed by atoms with Crippen LogP contribution in [0.2, 0.25) is 0 Å². The Morgan fingerprint density at radius 3 is 2.23 bits per heavy atom. The molecular weight excluding hydrogens is 186 g/mol. The van der Waals surface area contributed by atoms with Crippen LogP contribution in [-0.2, 0) is 9.84 Å². The molecule has 0 fully saturated rings. The van der Waals surface area contributed by atoms with E-state index in [0.717, 1.165) is 6.42 Å². The second-order valence-corrected chi connectivity index (χ2v) is 5.93. The summed E-state index contributed by atoms with van der Waals surface area (Å²) in [5, 5.41) is -0.268. The third kappa shape index (κ3) is 5.82. The molecule has 13 heavy (non-hydrogen) atoms. The molecule has 0 atom stereocenters. The van der Waals surface area contributed by atoms with Gasteiger partial charge in [-0.2, -0.15) is 0 Å². The molecule has 0 aliphatic rings. The van der Waals surface area contributed by atoms with Crippen molar-refractivity contribution in [3.05, 3.63) is 12.2 Å². The molecule has 0 heterocycles. The highest BCUT2D eigenvalue weighted by Crippen LogP contribution is 2.02. The minimum atomic E-state index is -2.87. The molecule has 0 rings (SSSR count). The maximum atomic E-state index is 11.3. The molecule has 0 saturated heterocycles. The molecule has 2 N–H and O–H groups in total. The molecule has 0 aromatic rings. The lowest BCUT2D eigenvalue weighted by Crippen LogP contribution is -2.17. The maximum Gasteiger partial charge on any atom is 0.152 e. The molecule has 0 radical (unpaired) electrons. The van der Waals surface area contributed by atoms with Crippen molar-refractivity contribution in [2.75, 3.05) is 12.3 Å². The van der Waals surface area contributed by atoms with E-state index in [1.54, 1.807) is 13.8 Å². The summed E-state index contributed by atoms with van der Waals surface area (Å²) in [5.74, 6) is 0.242. The Morgan fingerprint density at radius 1 is 1.23 bits per heavy atom. The molecule has 0 aliphatic carbocycles. The summed E-state index contributed by atoms with van der Waals surface area (Å²) in [4.78, 5) is 0. The topological polar surface area (TPSA) is 60.2 Å². The number of rotatable bonds is 6. The Balaban J connectivity index is 3.77. The van der Waals surface area contributed by atoms with Crippen LogP contribution in [0.25, 0.3) is 0 Å². The predicted octanol–water partition coefficient (Wildman–Crippen LogP) is 1.10. The highest BCUT2D eigenvalue weighted by molar-refractivity contribution is 7.91. The van der Waals surface area contributed by atoms with Gasteiger partial charge in [0.05, 0.1) is 11.0 Å². The van der Waals surface area contributed by atoms with E-state index in [1.165, 1.54) is 0 Å². The predicted molar refractivity (Wildman–Crippen MR) is 56.4 cm³/mol. The zero-order valence-electron chi connectivity index (χ0n) is 8.36. The van der Waals surface area contributed by atoms with Crippen LogP contribution >= 0.6 is 0 Å². The normalized spacial score (nSPS) is 12.9. The van der Waals surface area contributed by atoms with Gasteiger partial charge in [0.25, 0.3) is 0 Å². The van der Waals surface area contributed by atoms with Crippen LogP contribution in [0, 0.1) is 0 Å². The molecule has 0 unspecified atom stereocenters. The van der Waals surface area contributed by atoms with Crippen LogP contribution in [-0.4, -0.2) is 26.0 Å². The van der Waals surface area contributed by atoms with Gasteiger partial charge in [-0.15, -0.1) is 0 Å². The average molecular weight is 205 g/mol. The lowest BCUT2D eigenvalue weighted by Gasteiger charge is -2.04. The number of nitrogens with two attached hydrogens (primary N) is 1. The van der Waals surface area contributed by atoms with Gasteiger partial charge in [0.15, 0.2) is 9.84 Å². The molecule has 0 saturated carbocycles. The van der Waals surface area contributed by atoms with E-state index < -0.39 is 9.84 Å². The Kier molecular flexibility index (Phi) is 5.99. The van der Waals surface area contributed by atoms with E-state index in [1.807, 2.05) is 12.2 Å². The summed E-state index contributed by atoms with van der Waals surface area (Å²) >= 11 is 0. The Labute approximate surface area is 80.9 Å². The quantitative estimate of drug-likeness (QED) is 0.661. The number of allylic oxidation sites excluding steroid dienone is 1. The molecule has 0 bridgehead atoms. The molecule has 4 heteroatoms. The van der Waals surface area contributed by atoms with Crippen LogP contribution in [0.4, 0.5) is 0 Å². The summed E-state index contributed by atoms with van der Waals surface area (Å²) in [6.07, 6.45) is 5.23. The summed E-state index contributed by atoms with van der Waals surface area (Å²) in [7, 11) is -2.87. The first-order valence-electron chi connectivity index (χ1n) is 4.57. The van der Waals surface area contributed by atoms with Crippen molar-refractivity contribution in [2.45, 2.75) is 31.9 Å². The van der Waals surface area contributed by atoms with Crippen molar-refractivity contribution >= 4 is 9.84 Å². The van der Waals surface area contributed by atoms with Crippen molar-refractivity contribution in [1.29, 1.82) is 0 Å². The van der Waals surface area contributed by atoms with E-state index in [2.05, 4.69) is 0 Å². The molecule has 78 valence electrons. The molecule has 0 aromatic heterocycles. The van der Waals surface area contributed by atoms with E-state index in [-0.39, 0.29) is 11.0 Å². The summed E-state index contributed by atoms with van der Waals surface area (Å²) in [6, 6.07) is 0. The lowest BCUT2D eigenvalue weighted by atomic mass is 10.3.